The minimum absolute atomic E-state index is 0.0418. The van der Waals surface area contributed by atoms with Gasteiger partial charge >= 0.3 is 6.03 Å². The van der Waals surface area contributed by atoms with Crippen LogP contribution in [0.2, 0.25) is 0 Å². The van der Waals surface area contributed by atoms with Gasteiger partial charge in [0.25, 0.3) is 0 Å². The molecule has 1 saturated heterocycles. The largest absolute Gasteiger partial charge is 0.352 e. The second-order valence-electron chi connectivity index (χ2n) is 7.55. The highest BCUT2D eigenvalue weighted by molar-refractivity contribution is 7.18. The van der Waals surface area contributed by atoms with Crippen LogP contribution in [-0.2, 0) is 6.42 Å². The maximum absolute atomic E-state index is 12.7. The lowest BCUT2D eigenvalue weighted by Crippen LogP contribution is -2.50. The highest BCUT2D eigenvalue weighted by Gasteiger charge is 2.25. The number of piperazine rings is 1. The molecule has 4 rings (SSSR count). The van der Waals surface area contributed by atoms with E-state index in [1.54, 1.807) is 11.3 Å². The molecular weight excluding hydrogens is 382 g/mol. The van der Waals surface area contributed by atoms with Gasteiger partial charge in [0, 0.05) is 43.2 Å². The van der Waals surface area contributed by atoms with Crippen LogP contribution in [0.25, 0.3) is 10.2 Å². The number of rotatable bonds is 3. The molecule has 7 heteroatoms. The average Bonchev–Trinajstić information content (AvgIpc) is 3.01. The smallest absolute Gasteiger partial charge is 0.321 e. The molecular formula is C22H27N5OS. The van der Waals surface area contributed by atoms with Crippen molar-refractivity contribution >= 4 is 39.1 Å². The van der Waals surface area contributed by atoms with Crippen LogP contribution in [0.15, 0.2) is 24.3 Å². The van der Waals surface area contributed by atoms with Gasteiger partial charge in [-0.1, -0.05) is 19.1 Å². The van der Waals surface area contributed by atoms with Gasteiger partial charge < -0.3 is 15.1 Å². The minimum atomic E-state index is -0.0418. The summed E-state index contributed by atoms with van der Waals surface area (Å²) in [6.45, 7) is 11.3. The third-order valence-electron chi connectivity index (χ3n) is 5.51. The van der Waals surface area contributed by atoms with Gasteiger partial charge in [-0.15, -0.1) is 11.3 Å². The molecule has 0 atom stereocenters. The summed E-state index contributed by atoms with van der Waals surface area (Å²) < 4.78 is 0. The average molecular weight is 410 g/mol. The number of amides is 2. The maximum Gasteiger partial charge on any atom is 0.321 e. The van der Waals surface area contributed by atoms with E-state index in [2.05, 4.69) is 31.0 Å². The van der Waals surface area contributed by atoms with Crippen LogP contribution in [0.1, 0.15) is 28.8 Å². The molecule has 2 aromatic heterocycles. The molecule has 1 aromatic carbocycles. The molecule has 1 aliphatic rings. The highest BCUT2D eigenvalue weighted by atomic mass is 32.1. The zero-order chi connectivity index (χ0) is 20.5. The highest BCUT2D eigenvalue weighted by Crippen LogP contribution is 2.35. The number of carbonyl (C=O) groups is 1. The normalized spacial score (nSPS) is 14.5. The number of nitrogens with one attached hydrogen (secondary N) is 1. The third-order valence-corrected chi connectivity index (χ3v) is 6.61. The summed E-state index contributed by atoms with van der Waals surface area (Å²) >= 11 is 1.74. The molecule has 6 nitrogen and oxygen atoms in total. The topological polar surface area (TPSA) is 61.4 Å². The van der Waals surface area contributed by atoms with Crippen LogP contribution in [0, 0.1) is 20.8 Å². The third kappa shape index (κ3) is 3.92. The number of hydrogen-bond donors (Lipinski definition) is 1. The number of fused-ring (bicyclic) bond motifs is 1. The lowest BCUT2D eigenvalue weighted by molar-refractivity contribution is 0.208. The summed E-state index contributed by atoms with van der Waals surface area (Å²) in [5.41, 5.74) is 3.24. The molecule has 3 aromatic rings. The van der Waals surface area contributed by atoms with Crippen molar-refractivity contribution < 1.29 is 4.79 Å². The number of carbonyl (C=O) groups excluding carboxylic acids is 1. The number of nitrogens with zero attached hydrogens (tertiary/aromatic N) is 4. The van der Waals surface area contributed by atoms with Crippen molar-refractivity contribution in [3.05, 3.63) is 46.1 Å². The molecule has 29 heavy (non-hydrogen) atoms. The molecule has 152 valence electrons. The molecule has 0 aliphatic carbocycles. The Bertz CT molecular complexity index is 1050. The number of thiophene rings is 1. The predicted octanol–water partition coefficient (Wildman–Crippen LogP) is 4.53. The van der Waals surface area contributed by atoms with Crippen molar-refractivity contribution in [3.8, 4) is 0 Å². The number of aryl methyl sites for hydroxylation is 4. The van der Waals surface area contributed by atoms with Gasteiger partial charge in [0.2, 0.25) is 0 Å². The molecule has 1 fully saturated rings. The Kier molecular flexibility index (Phi) is 5.41. The summed E-state index contributed by atoms with van der Waals surface area (Å²) in [4.78, 5) is 28.8. The Morgan fingerprint density at radius 3 is 2.59 bits per heavy atom. The molecule has 0 spiro atoms. The Balaban J connectivity index is 1.50. The van der Waals surface area contributed by atoms with Crippen LogP contribution in [-0.4, -0.2) is 47.1 Å². The Hall–Kier alpha value is -2.67. The summed E-state index contributed by atoms with van der Waals surface area (Å²) in [5.74, 6) is 1.90. The molecule has 0 radical (unpaired) electrons. The maximum atomic E-state index is 12.7. The SMILES string of the molecule is CCc1nc(N2CCN(C(=O)Nc3cccc(C)c3)CC2)c2c(C)c(C)sc2n1. The Morgan fingerprint density at radius 2 is 1.90 bits per heavy atom. The van der Waals surface area contributed by atoms with Gasteiger partial charge in [-0.25, -0.2) is 14.8 Å². The Labute approximate surface area is 175 Å². The summed E-state index contributed by atoms with van der Waals surface area (Å²) in [7, 11) is 0. The molecule has 0 bridgehead atoms. The number of aromatic nitrogens is 2. The van der Waals surface area contributed by atoms with E-state index < -0.39 is 0 Å². The van der Waals surface area contributed by atoms with Crippen molar-refractivity contribution in [2.24, 2.45) is 0 Å². The van der Waals surface area contributed by atoms with Crippen LogP contribution >= 0.6 is 11.3 Å². The second kappa shape index (κ2) is 7.99. The van der Waals surface area contributed by atoms with Gasteiger partial charge in [0.15, 0.2) is 0 Å². The number of benzene rings is 1. The van der Waals surface area contributed by atoms with E-state index in [4.69, 9.17) is 9.97 Å². The van der Waals surface area contributed by atoms with Gasteiger partial charge in [-0.2, -0.15) is 0 Å². The first-order valence-corrected chi connectivity index (χ1v) is 10.9. The predicted molar refractivity (Wildman–Crippen MR) is 120 cm³/mol. The Morgan fingerprint density at radius 1 is 1.14 bits per heavy atom. The van der Waals surface area contributed by atoms with Crippen molar-refractivity contribution in [3.63, 3.8) is 0 Å². The first-order chi connectivity index (χ1) is 14.0. The minimum Gasteiger partial charge on any atom is -0.352 e. The first kappa shape index (κ1) is 19.6. The van der Waals surface area contributed by atoms with E-state index in [0.717, 1.165) is 47.2 Å². The molecule has 2 amide bonds. The van der Waals surface area contributed by atoms with Crippen molar-refractivity contribution in [1.29, 1.82) is 0 Å². The van der Waals surface area contributed by atoms with E-state index in [0.29, 0.717) is 13.1 Å². The van der Waals surface area contributed by atoms with E-state index >= 15 is 0 Å². The number of anilines is 2. The van der Waals surface area contributed by atoms with Crippen LogP contribution < -0.4 is 10.2 Å². The summed E-state index contributed by atoms with van der Waals surface area (Å²) in [6, 6.07) is 7.85. The fraction of sp³-hybridized carbons (Fsp3) is 0.409. The van der Waals surface area contributed by atoms with Gasteiger partial charge in [-0.05, 0) is 44.0 Å². The van der Waals surface area contributed by atoms with Crippen molar-refractivity contribution in [2.45, 2.75) is 34.1 Å². The molecule has 1 N–H and O–H groups in total. The second-order valence-corrected chi connectivity index (χ2v) is 8.76. The lowest BCUT2D eigenvalue weighted by Gasteiger charge is -2.35. The van der Waals surface area contributed by atoms with Gasteiger partial charge in [-0.3, -0.25) is 0 Å². The number of hydrogen-bond acceptors (Lipinski definition) is 5. The standard InChI is InChI=1S/C22H27N5OS/c1-5-18-24-20(19-15(3)16(4)29-21(19)25-18)26-9-11-27(12-10-26)22(28)23-17-8-6-7-14(2)13-17/h6-8,13H,5,9-12H2,1-4H3,(H,23,28). The van der Waals surface area contributed by atoms with Crippen molar-refractivity contribution in [1.82, 2.24) is 14.9 Å². The zero-order valence-corrected chi connectivity index (χ0v) is 18.3. The van der Waals surface area contributed by atoms with E-state index in [-0.39, 0.29) is 6.03 Å². The summed E-state index contributed by atoms with van der Waals surface area (Å²) in [6.07, 6.45) is 0.817. The fourth-order valence-electron chi connectivity index (χ4n) is 3.71. The van der Waals surface area contributed by atoms with Crippen LogP contribution in [0.5, 0.6) is 0 Å². The molecule has 0 saturated carbocycles. The monoisotopic (exact) mass is 409 g/mol. The van der Waals surface area contributed by atoms with Crippen LogP contribution in [0.3, 0.4) is 0 Å². The number of urea groups is 1. The van der Waals surface area contributed by atoms with Crippen LogP contribution in [0.4, 0.5) is 16.3 Å². The van der Waals surface area contributed by atoms with E-state index in [1.165, 1.54) is 15.8 Å². The van der Waals surface area contributed by atoms with Crippen molar-refractivity contribution in [2.75, 3.05) is 36.4 Å². The van der Waals surface area contributed by atoms with Gasteiger partial charge in [0.1, 0.15) is 16.5 Å². The fourth-order valence-corrected chi connectivity index (χ4v) is 4.75. The van der Waals surface area contributed by atoms with E-state index in [1.807, 2.05) is 36.1 Å². The summed E-state index contributed by atoms with van der Waals surface area (Å²) in [5, 5.41) is 4.18. The van der Waals surface area contributed by atoms with E-state index in [9.17, 15) is 4.79 Å². The van der Waals surface area contributed by atoms with Gasteiger partial charge in [0.05, 0.1) is 5.39 Å². The molecule has 1 aliphatic heterocycles. The molecule has 3 heterocycles. The first-order valence-electron chi connectivity index (χ1n) is 10.1. The lowest BCUT2D eigenvalue weighted by atomic mass is 10.2. The zero-order valence-electron chi connectivity index (χ0n) is 17.5. The quantitative estimate of drug-likeness (QED) is 0.690. The molecule has 0 unspecified atom stereocenters.